The van der Waals surface area contributed by atoms with Crippen LogP contribution in [-0.4, -0.2) is 4.98 Å². The SMILES string of the molecule is C=Cc1c[nH]c(=S)c(F)c1. The molecule has 0 atom stereocenters. The fraction of sp³-hybridized carbons (Fsp3) is 0. The molecule has 0 radical (unpaired) electrons. The Hall–Kier alpha value is -0.960. The van der Waals surface area contributed by atoms with Gasteiger partial charge in [0.25, 0.3) is 0 Å². The van der Waals surface area contributed by atoms with E-state index in [2.05, 4.69) is 23.8 Å². The maximum absolute atomic E-state index is 12.6. The Morgan fingerprint density at radius 1 is 1.70 bits per heavy atom. The minimum atomic E-state index is -0.410. The summed E-state index contributed by atoms with van der Waals surface area (Å²) in [5.41, 5.74) is 0.700. The molecule has 10 heavy (non-hydrogen) atoms. The average molecular weight is 155 g/mol. The van der Waals surface area contributed by atoms with Gasteiger partial charge in [-0.1, -0.05) is 24.9 Å². The fourth-order valence-electron chi connectivity index (χ4n) is 0.589. The van der Waals surface area contributed by atoms with Crippen LogP contribution in [0.5, 0.6) is 0 Å². The van der Waals surface area contributed by atoms with Crippen LogP contribution in [-0.2, 0) is 0 Å². The molecule has 1 N–H and O–H groups in total. The molecule has 0 saturated heterocycles. The summed E-state index contributed by atoms with van der Waals surface area (Å²) in [4.78, 5) is 2.59. The van der Waals surface area contributed by atoms with Crippen LogP contribution in [0.4, 0.5) is 4.39 Å². The van der Waals surface area contributed by atoms with E-state index in [9.17, 15) is 4.39 Å². The van der Waals surface area contributed by atoms with E-state index in [0.717, 1.165) is 0 Å². The molecular formula is C7H6FNS. The van der Waals surface area contributed by atoms with E-state index in [1.807, 2.05) is 0 Å². The maximum Gasteiger partial charge on any atom is 0.158 e. The van der Waals surface area contributed by atoms with Crippen molar-refractivity contribution in [2.24, 2.45) is 0 Å². The number of hydrogen-bond donors (Lipinski definition) is 1. The molecule has 1 rings (SSSR count). The Kier molecular flexibility index (Phi) is 1.97. The predicted molar refractivity (Wildman–Crippen MR) is 41.7 cm³/mol. The van der Waals surface area contributed by atoms with E-state index in [1.165, 1.54) is 6.07 Å². The van der Waals surface area contributed by atoms with E-state index in [-0.39, 0.29) is 4.64 Å². The summed E-state index contributed by atoms with van der Waals surface area (Å²) in [6.45, 7) is 3.48. The van der Waals surface area contributed by atoms with Gasteiger partial charge in [-0.3, -0.25) is 0 Å². The second-order valence-corrected chi connectivity index (χ2v) is 2.22. The number of halogens is 1. The van der Waals surface area contributed by atoms with Crippen LogP contribution < -0.4 is 0 Å². The molecule has 0 aliphatic rings. The molecule has 1 aromatic heterocycles. The van der Waals surface area contributed by atoms with Gasteiger partial charge in [0.15, 0.2) is 5.82 Å². The number of aromatic nitrogens is 1. The normalized spacial score (nSPS) is 9.30. The van der Waals surface area contributed by atoms with Crippen molar-refractivity contribution in [2.45, 2.75) is 0 Å². The van der Waals surface area contributed by atoms with Gasteiger partial charge in [0.05, 0.1) is 0 Å². The summed E-state index contributed by atoms with van der Waals surface area (Å²) >= 11 is 4.60. The molecule has 1 nitrogen and oxygen atoms in total. The summed E-state index contributed by atoms with van der Waals surface area (Å²) in [7, 11) is 0. The van der Waals surface area contributed by atoms with Crippen LogP contribution in [0.3, 0.4) is 0 Å². The van der Waals surface area contributed by atoms with Crippen LogP contribution in [0.2, 0.25) is 0 Å². The number of rotatable bonds is 1. The standard InChI is InChI=1S/C7H6FNS/c1-2-5-3-6(8)7(10)9-4-5/h2-4H,1H2,(H,9,10). The highest BCUT2D eigenvalue weighted by Gasteiger charge is 1.92. The van der Waals surface area contributed by atoms with Gasteiger partial charge in [-0.2, -0.15) is 0 Å². The molecule has 0 spiro atoms. The topological polar surface area (TPSA) is 15.8 Å². The molecule has 0 fully saturated rings. The lowest BCUT2D eigenvalue weighted by molar-refractivity contribution is 0.616. The molecule has 1 aromatic rings. The molecule has 0 aliphatic heterocycles. The van der Waals surface area contributed by atoms with Gasteiger partial charge in [0.2, 0.25) is 0 Å². The molecule has 0 aliphatic carbocycles. The van der Waals surface area contributed by atoms with Crippen LogP contribution in [0, 0.1) is 10.5 Å². The van der Waals surface area contributed by atoms with Crippen molar-refractivity contribution in [3.05, 3.63) is 34.9 Å². The quantitative estimate of drug-likeness (QED) is 0.616. The van der Waals surface area contributed by atoms with E-state index >= 15 is 0 Å². The van der Waals surface area contributed by atoms with Crippen molar-refractivity contribution < 1.29 is 4.39 Å². The Balaban J connectivity index is 3.29. The van der Waals surface area contributed by atoms with Gasteiger partial charge in [-0.25, -0.2) is 4.39 Å². The largest absolute Gasteiger partial charge is 0.350 e. The number of nitrogens with one attached hydrogen (secondary N) is 1. The highest BCUT2D eigenvalue weighted by molar-refractivity contribution is 7.71. The predicted octanol–water partition coefficient (Wildman–Crippen LogP) is 2.53. The second-order valence-electron chi connectivity index (χ2n) is 1.81. The Morgan fingerprint density at radius 2 is 2.40 bits per heavy atom. The third-order valence-corrected chi connectivity index (χ3v) is 1.43. The van der Waals surface area contributed by atoms with Crippen molar-refractivity contribution in [3.63, 3.8) is 0 Å². The molecule has 1 heterocycles. The minimum absolute atomic E-state index is 0.130. The van der Waals surface area contributed by atoms with Crippen molar-refractivity contribution in [1.82, 2.24) is 4.98 Å². The first-order chi connectivity index (χ1) is 4.74. The third-order valence-electron chi connectivity index (χ3n) is 1.12. The van der Waals surface area contributed by atoms with Crippen LogP contribution in [0.15, 0.2) is 18.8 Å². The van der Waals surface area contributed by atoms with Gasteiger partial charge in [0.1, 0.15) is 4.64 Å². The van der Waals surface area contributed by atoms with Crippen molar-refractivity contribution >= 4 is 18.3 Å². The van der Waals surface area contributed by atoms with E-state index in [4.69, 9.17) is 0 Å². The molecule has 52 valence electrons. The smallest absolute Gasteiger partial charge is 0.158 e. The first kappa shape index (κ1) is 7.15. The maximum atomic E-state index is 12.6. The van der Waals surface area contributed by atoms with E-state index in [0.29, 0.717) is 5.56 Å². The molecule has 0 unspecified atom stereocenters. The number of aromatic amines is 1. The van der Waals surface area contributed by atoms with Crippen molar-refractivity contribution in [1.29, 1.82) is 0 Å². The van der Waals surface area contributed by atoms with Crippen LogP contribution >= 0.6 is 12.2 Å². The van der Waals surface area contributed by atoms with Crippen LogP contribution in [0.1, 0.15) is 5.56 Å². The third kappa shape index (κ3) is 1.30. The number of pyridine rings is 1. The van der Waals surface area contributed by atoms with Gasteiger partial charge in [-0.15, -0.1) is 0 Å². The zero-order valence-electron chi connectivity index (χ0n) is 5.23. The van der Waals surface area contributed by atoms with Gasteiger partial charge in [0, 0.05) is 6.20 Å². The Labute approximate surface area is 63.2 Å². The fourth-order valence-corrected chi connectivity index (χ4v) is 0.707. The minimum Gasteiger partial charge on any atom is -0.350 e. The lowest BCUT2D eigenvalue weighted by Gasteiger charge is -1.91. The summed E-state index contributed by atoms with van der Waals surface area (Å²) < 4.78 is 12.7. The number of hydrogen-bond acceptors (Lipinski definition) is 1. The highest BCUT2D eigenvalue weighted by atomic mass is 32.1. The summed E-state index contributed by atoms with van der Waals surface area (Å²) in [5, 5.41) is 0. The summed E-state index contributed by atoms with van der Waals surface area (Å²) in [5.74, 6) is -0.410. The highest BCUT2D eigenvalue weighted by Crippen LogP contribution is 2.03. The zero-order valence-corrected chi connectivity index (χ0v) is 6.04. The second kappa shape index (κ2) is 2.75. The van der Waals surface area contributed by atoms with E-state index in [1.54, 1.807) is 12.3 Å². The number of H-pyrrole nitrogens is 1. The van der Waals surface area contributed by atoms with E-state index < -0.39 is 5.82 Å². The molecule has 0 saturated carbocycles. The Bertz CT molecular complexity index is 303. The van der Waals surface area contributed by atoms with Crippen molar-refractivity contribution in [3.8, 4) is 0 Å². The lowest BCUT2D eigenvalue weighted by atomic mass is 10.3. The van der Waals surface area contributed by atoms with Crippen LogP contribution in [0.25, 0.3) is 6.08 Å². The van der Waals surface area contributed by atoms with Crippen molar-refractivity contribution in [2.75, 3.05) is 0 Å². The van der Waals surface area contributed by atoms with Gasteiger partial charge < -0.3 is 4.98 Å². The summed E-state index contributed by atoms with van der Waals surface area (Å²) in [6.07, 6.45) is 3.16. The molecular weight excluding hydrogens is 149 g/mol. The Morgan fingerprint density at radius 3 is 2.90 bits per heavy atom. The van der Waals surface area contributed by atoms with Gasteiger partial charge in [-0.05, 0) is 11.6 Å². The average Bonchev–Trinajstić information content (AvgIpc) is 1.95. The van der Waals surface area contributed by atoms with Gasteiger partial charge >= 0.3 is 0 Å². The summed E-state index contributed by atoms with van der Waals surface area (Å²) in [6, 6.07) is 1.34. The molecule has 0 bridgehead atoms. The zero-order chi connectivity index (χ0) is 7.56. The first-order valence-electron chi connectivity index (χ1n) is 2.74. The molecule has 0 amide bonds. The molecule has 3 heteroatoms. The lowest BCUT2D eigenvalue weighted by Crippen LogP contribution is -1.82. The molecule has 0 aromatic carbocycles. The first-order valence-corrected chi connectivity index (χ1v) is 3.15. The monoisotopic (exact) mass is 155 g/mol.